The fraction of sp³-hybridized carbons (Fsp3) is 0.556. The zero-order valence-corrected chi connectivity index (χ0v) is 13.7. The van der Waals surface area contributed by atoms with E-state index in [1.165, 1.54) is 6.41 Å². The smallest absolute Gasteiger partial charge is 0.316 e. The van der Waals surface area contributed by atoms with Crippen molar-refractivity contribution in [1.29, 1.82) is 0 Å². The van der Waals surface area contributed by atoms with Crippen molar-refractivity contribution in [2.75, 3.05) is 0 Å². The number of nitrogens with one attached hydrogen (secondary N) is 1. The van der Waals surface area contributed by atoms with Gasteiger partial charge in [-0.1, -0.05) is 30.3 Å². The molecule has 3 rings (SSSR count). The van der Waals surface area contributed by atoms with Crippen LogP contribution in [0.1, 0.15) is 39.2 Å². The van der Waals surface area contributed by atoms with E-state index >= 15 is 0 Å². The third-order valence-corrected chi connectivity index (χ3v) is 5.40. The highest BCUT2D eigenvalue weighted by Crippen LogP contribution is 2.62. The molecule has 0 spiro atoms. The first-order valence-electron chi connectivity index (χ1n) is 7.86. The van der Waals surface area contributed by atoms with Crippen LogP contribution >= 0.6 is 0 Å². The van der Waals surface area contributed by atoms with Gasteiger partial charge in [0.15, 0.2) is 0 Å². The Morgan fingerprint density at radius 2 is 2.04 bits per heavy atom. The van der Waals surface area contributed by atoms with Crippen LogP contribution in [0.2, 0.25) is 0 Å². The summed E-state index contributed by atoms with van der Waals surface area (Å²) in [5, 5.41) is 2.19. The number of amides is 2. The number of carbonyl (C=O) groups is 1. The van der Waals surface area contributed by atoms with Crippen molar-refractivity contribution in [2.24, 2.45) is 5.41 Å². The number of rotatable bonds is 5. The van der Waals surface area contributed by atoms with E-state index in [0.717, 1.165) is 5.56 Å². The molecule has 1 aliphatic carbocycles. The fourth-order valence-corrected chi connectivity index (χ4v) is 4.18. The maximum Gasteiger partial charge on any atom is 0.316 e. The van der Waals surface area contributed by atoms with Crippen molar-refractivity contribution in [2.45, 2.75) is 57.5 Å². The quantitative estimate of drug-likeness (QED) is 0.845. The Balaban J connectivity index is 1.78. The standard InChI is InChI=1S/C18H22NO4/c1-16(2)18(15(21)19-12-20)9-14(17(3,11-18)23-16)22-10-13-7-5-4-6-8-13/h4-8,14H,9-11H2,1-3H3,(H,19,20,21). The zero-order chi connectivity index (χ0) is 16.7. The molecule has 1 saturated heterocycles. The number of ether oxygens (including phenoxy) is 2. The summed E-state index contributed by atoms with van der Waals surface area (Å²) in [5.41, 5.74) is -0.855. The van der Waals surface area contributed by atoms with Gasteiger partial charge in [-0.2, -0.15) is 0 Å². The lowest BCUT2D eigenvalue weighted by Gasteiger charge is -2.44. The van der Waals surface area contributed by atoms with Crippen molar-refractivity contribution in [3.8, 4) is 0 Å². The molecule has 1 radical (unpaired) electrons. The van der Waals surface area contributed by atoms with Crippen molar-refractivity contribution < 1.29 is 19.1 Å². The fourth-order valence-electron chi connectivity index (χ4n) is 4.18. The highest BCUT2D eigenvalue weighted by atomic mass is 16.6. The van der Waals surface area contributed by atoms with Gasteiger partial charge in [-0.05, 0) is 39.2 Å². The van der Waals surface area contributed by atoms with Crippen LogP contribution in [-0.2, 0) is 25.7 Å². The van der Waals surface area contributed by atoms with Crippen LogP contribution in [0.25, 0.3) is 0 Å². The average molecular weight is 316 g/mol. The van der Waals surface area contributed by atoms with Crippen molar-refractivity contribution in [3.05, 3.63) is 35.9 Å². The lowest BCUT2D eigenvalue weighted by atomic mass is 9.72. The molecule has 5 heteroatoms. The first-order chi connectivity index (χ1) is 10.8. The van der Waals surface area contributed by atoms with Crippen LogP contribution in [0.4, 0.5) is 0 Å². The van der Waals surface area contributed by atoms with E-state index in [-0.39, 0.29) is 12.0 Å². The number of hydrogen-bond acceptors (Lipinski definition) is 4. The van der Waals surface area contributed by atoms with E-state index in [0.29, 0.717) is 19.4 Å². The second kappa shape index (κ2) is 5.42. The molecule has 1 saturated carbocycles. The molecular formula is C18H22NO4. The lowest BCUT2D eigenvalue weighted by Crippen LogP contribution is -2.55. The Kier molecular flexibility index (Phi) is 3.81. The van der Waals surface area contributed by atoms with E-state index in [9.17, 15) is 9.59 Å². The van der Waals surface area contributed by atoms with Gasteiger partial charge in [0, 0.05) is 0 Å². The minimum Gasteiger partial charge on any atom is -0.371 e. The summed E-state index contributed by atoms with van der Waals surface area (Å²) in [5.74, 6) is -0.327. The normalized spacial score (nSPS) is 34.3. The molecule has 0 aromatic heterocycles. The van der Waals surface area contributed by atoms with Crippen LogP contribution in [0, 0.1) is 5.41 Å². The van der Waals surface area contributed by atoms with Crippen LogP contribution in [0.3, 0.4) is 0 Å². The summed E-state index contributed by atoms with van der Waals surface area (Å²) in [7, 11) is 0. The summed E-state index contributed by atoms with van der Waals surface area (Å²) in [6, 6.07) is 9.91. The molecule has 3 unspecified atom stereocenters. The number of hydrogen-bond donors (Lipinski definition) is 1. The molecule has 2 amide bonds. The van der Waals surface area contributed by atoms with Gasteiger partial charge < -0.3 is 9.47 Å². The molecule has 123 valence electrons. The van der Waals surface area contributed by atoms with Gasteiger partial charge in [0.2, 0.25) is 5.91 Å². The maximum absolute atomic E-state index is 12.5. The first-order valence-corrected chi connectivity index (χ1v) is 7.86. The number of benzene rings is 1. The molecule has 3 atom stereocenters. The SMILES string of the molecule is CC12CC(C(=O)N[C]=O)(CC1OCc1ccccc1)C(C)(C)O2. The van der Waals surface area contributed by atoms with Gasteiger partial charge in [-0.3, -0.25) is 14.9 Å². The van der Waals surface area contributed by atoms with Crippen molar-refractivity contribution in [3.63, 3.8) is 0 Å². The number of fused-ring (bicyclic) bond motifs is 2. The average Bonchev–Trinajstić information content (AvgIpc) is 2.91. The maximum atomic E-state index is 12.5. The highest BCUT2D eigenvalue weighted by Gasteiger charge is 2.71. The Bertz CT molecular complexity index is 615. The van der Waals surface area contributed by atoms with Gasteiger partial charge in [0.25, 0.3) is 0 Å². The van der Waals surface area contributed by atoms with Gasteiger partial charge in [-0.15, -0.1) is 0 Å². The summed E-state index contributed by atoms with van der Waals surface area (Å²) < 4.78 is 12.3. The van der Waals surface area contributed by atoms with E-state index in [4.69, 9.17) is 9.47 Å². The second-order valence-electron chi connectivity index (χ2n) is 7.23. The summed E-state index contributed by atoms with van der Waals surface area (Å²) in [6.45, 7) is 6.26. The molecule has 2 fully saturated rings. The second-order valence-corrected chi connectivity index (χ2v) is 7.23. The third-order valence-electron chi connectivity index (χ3n) is 5.40. The molecule has 1 aromatic rings. The van der Waals surface area contributed by atoms with Gasteiger partial charge in [0.1, 0.15) is 0 Å². The van der Waals surface area contributed by atoms with E-state index in [1.54, 1.807) is 0 Å². The molecular weight excluding hydrogens is 294 g/mol. The van der Waals surface area contributed by atoms with E-state index in [1.807, 2.05) is 51.1 Å². The monoisotopic (exact) mass is 316 g/mol. The highest BCUT2D eigenvalue weighted by molar-refractivity contribution is 5.92. The largest absolute Gasteiger partial charge is 0.371 e. The molecule has 1 heterocycles. The van der Waals surface area contributed by atoms with E-state index < -0.39 is 16.6 Å². The molecule has 2 aliphatic rings. The van der Waals surface area contributed by atoms with Crippen LogP contribution < -0.4 is 5.32 Å². The lowest BCUT2D eigenvalue weighted by molar-refractivity contribution is -0.202. The van der Waals surface area contributed by atoms with Gasteiger partial charge in [0.05, 0.1) is 29.3 Å². The Labute approximate surface area is 136 Å². The Morgan fingerprint density at radius 3 is 2.70 bits per heavy atom. The molecule has 1 aliphatic heterocycles. The third kappa shape index (κ3) is 2.48. The Morgan fingerprint density at radius 1 is 1.35 bits per heavy atom. The van der Waals surface area contributed by atoms with Gasteiger partial charge >= 0.3 is 6.41 Å². The number of imide groups is 1. The van der Waals surface area contributed by atoms with E-state index in [2.05, 4.69) is 5.32 Å². The summed E-state index contributed by atoms with van der Waals surface area (Å²) in [6.07, 6.45) is 2.39. The molecule has 5 nitrogen and oxygen atoms in total. The summed E-state index contributed by atoms with van der Waals surface area (Å²) >= 11 is 0. The Hall–Kier alpha value is -1.72. The predicted octanol–water partition coefficient (Wildman–Crippen LogP) is 2.10. The first kappa shape index (κ1) is 16.1. The summed E-state index contributed by atoms with van der Waals surface area (Å²) in [4.78, 5) is 23.1. The minimum absolute atomic E-state index is 0.187. The predicted molar refractivity (Wildman–Crippen MR) is 84.1 cm³/mol. The minimum atomic E-state index is -0.763. The molecule has 23 heavy (non-hydrogen) atoms. The van der Waals surface area contributed by atoms with Gasteiger partial charge in [-0.25, -0.2) is 0 Å². The molecule has 1 N–H and O–H groups in total. The van der Waals surface area contributed by atoms with Crippen LogP contribution in [0.15, 0.2) is 30.3 Å². The zero-order valence-electron chi connectivity index (χ0n) is 13.7. The number of carbonyl (C=O) groups excluding carboxylic acids is 2. The van der Waals surface area contributed by atoms with Crippen LogP contribution in [0.5, 0.6) is 0 Å². The topological polar surface area (TPSA) is 64.6 Å². The van der Waals surface area contributed by atoms with Crippen molar-refractivity contribution in [1.82, 2.24) is 5.32 Å². The van der Waals surface area contributed by atoms with Crippen LogP contribution in [-0.4, -0.2) is 29.6 Å². The van der Waals surface area contributed by atoms with Crippen molar-refractivity contribution >= 4 is 12.3 Å². The molecule has 2 bridgehead atoms. The molecule has 1 aromatic carbocycles.